The molecule has 9 heteroatoms. The Labute approximate surface area is 183 Å². The van der Waals surface area contributed by atoms with Crippen LogP contribution >= 0.6 is 0 Å². The maximum atomic E-state index is 13.3. The van der Waals surface area contributed by atoms with E-state index in [-0.39, 0.29) is 11.9 Å². The number of nitrogens with one attached hydrogen (secondary N) is 2. The molecule has 4 N–H and O–H groups in total. The Morgan fingerprint density at radius 1 is 1.00 bits per heavy atom. The fourth-order valence-electron chi connectivity index (χ4n) is 3.05. The van der Waals surface area contributed by atoms with Crippen molar-refractivity contribution in [3.63, 3.8) is 0 Å². The number of hydrogen-bond donors (Lipinski definition) is 3. The van der Waals surface area contributed by atoms with Crippen molar-refractivity contribution in [2.75, 3.05) is 10.6 Å². The first-order valence-electron chi connectivity index (χ1n) is 9.82. The largest absolute Gasteiger partial charge is 0.366 e. The van der Waals surface area contributed by atoms with Crippen LogP contribution in [-0.2, 0) is 0 Å². The highest BCUT2D eigenvalue weighted by atomic mass is 19.1. The summed E-state index contributed by atoms with van der Waals surface area (Å²) in [5.74, 6) is 0.598. The predicted molar refractivity (Wildman–Crippen MR) is 120 cm³/mol. The first-order chi connectivity index (χ1) is 15.5. The van der Waals surface area contributed by atoms with Gasteiger partial charge in [0.2, 0.25) is 11.9 Å². The van der Waals surface area contributed by atoms with E-state index in [2.05, 4.69) is 30.6 Å². The normalized spacial score (nSPS) is 11.6. The third-order valence-electron chi connectivity index (χ3n) is 4.73. The second-order valence-corrected chi connectivity index (χ2v) is 7.04. The molecule has 4 rings (SSSR count). The van der Waals surface area contributed by atoms with Gasteiger partial charge in [0.1, 0.15) is 17.5 Å². The van der Waals surface area contributed by atoms with Crippen molar-refractivity contribution >= 4 is 23.5 Å². The highest BCUT2D eigenvalue weighted by Crippen LogP contribution is 2.25. The van der Waals surface area contributed by atoms with Gasteiger partial charge in [0.25, 0.3) is 0 Å². The van der Waals surface area contributed by atoms with Crippen LogP contribution in [0.2, 0.25) is 0 Å². The minimum absolute atomic E-state index is 0.174. The number of hydrogen-bond acceptors (Lipinski definition) is 7. The molecule has 1 unspecified atom stereocenters. The summed E-state index contributed by atoms with van der Waals surface area (Å²) in [7, 11) is 0. The van der Waals surface area contributed by atoms with E-state index in [0.717, 1.165) is 11.1 Å². The number of amides is 1. The van der Waals surface area contributed by atoms with Crippen molar-refractivity contribution in [2.24, 2.45) is 5.73 Å². The fourth-order valence-corrected chi connectivity index (χ4v) is 3.05. The number of nitrogens with two attached hydrogens (primary N) is 1. The molecule has 0 saturated heterocycles. The van der Waals surface area contributed by atoms with Gasteiger partial charge in [0.15, 0.2) is 0 Å². The van der Waals surface area contributed by atoms with Gasteiger partial charge in [-0.2, -0.15) is 4.98 Å². The molecule has 0 aliphatic heterocycles. The summed E-state index contributed by atoms with van der Waals surface area (Å²) in [6, 6.07) is 14.6. The maximum absolute atomic E-state index is 13.3. The molecule has 2 aromatic heterocycles. The van der Waals surface area contributed by atoms with E-state index in [0.29, 0.717) is 28.8 Å². The number of carbonyl (C=O) groups is 1. The molecule has 1 amide bonds. The average Bonchev–Trinajstić information content (AvgIpc) is 2.80. The minimum atomic E-state index is -0.500. The number of benzene rings is 2. The highest BCUT2D eigenvalue weighted by Gasteiger charge is 2.12. The lowest BCUT2D eigenvalue weighted by Gasteiger charge is -2.16. The van der Waals surface area contributed by atoms with Gasteiger partial charge in [-0.25, -0.2) is 14.4 Å². The monoisotopic (exact) mass is 429 g/mol. The van der Waals surface area contributed by atoms with Gasteiger partial charge in [0, 0.05) is 29.6 Å². The fraction of sp³-hybridized carbons (Fsp3) is 0.0870. The van der Waals surface area contributed by atoms with E-state index in [1.54, 1.807) is 61.1 Å². The maximum Gasteiger partial charge on any atom is 0.248 e. The molecule has 2 heterocycles. The second kappa shape index (κ2) is 9.17. The summed E-state index contributed by atoms with van der Waals surface area (Å²) in [6.45, 7) is 1.93. The second-order valence-electron chi connectivity index (χ2n) is 7.04. The first-order valence-corrected chi connectivity index (χ1v) is 9.82. The zero-order valence-electron chi connectivity index (χ0n) is 17.2. The van der Waals surface area contributed by atoms with E-state index in [9.17, 15) is 9.18 Å². The molecule has 0 aliphatic carbocycles. The third-order valence-corrected chi connectivity index (χ3v) is 4.73. The number of anilines is 3. The molecule has 0 fully saturated rings. The topological polar surface area (TPSA) is 119 Å². The van der Waals surface area contributed by atoms with Crippen molar-refractivity contribution < 1.29 is 9.18 Å². The van der Waals surface area contributed by atoms with Crippen LogP contribution in [0.5, 0.6) is 0 Å². The van der Waals surface area contributed by atoms with Gasteiger partial charge < -0.3 is 16.4 Å². The van der Waals surface area contributed by atoms with Crippen LogP contribution < -0.4 is 16.4 Å². The Kier molecular flexibility index (Phi) is 5.98. The lowest BCUT2D eigenvalue weighted by atomic mass is 10.1. The van der Waals surface area contributed by atoms with Crippen LogP contribution in [0, 0.1) is 5.82 Å². The molecular weight excluding hydrogens is 409 g/mol. The minimum Gasteiger partial charge on any atom is -0.366 e. The molecule has 1 atom stereocenters. The van der Waals surface area contributed by atoms with Crippen LogP contribution in [0.25, 0.3) is 11.3 Å². The lowest BCUT2D eigenvalue weighted by Crippen LogP contribution is -2.11. The molecule has 2 aromatic carbocycles. The Balaban J connectivity index is 1.67. The Bertz CT molecular complexity index is 1220. The number of aromatic nitrogens is 4. The molecule has 8 nitrogen and oxygen atoms in total. The van der Waals surface area contributed by atoms with E-state index in [1.807, 2.05) is 6.92 Å². The van der Waals surface area contributed by atoms with Crippen LogP contribution in [0.4, 0.5) is 22.0 Å². The van der Waals surface area contributed by atoms with Crippen molar-refractivity contribution in [2.45, 2.75) is 13.0 Å². The number of carbonyl (C=O) groups excluding carboxylic acids is 1. The van der Waals surface area contributed by atoms with Crippen molar-refractivity contribution in [3.05, 3.63) is 90.1 Å². The zero-order valence-corrected chi connectivity index (χ0v) is 17.2. The third kappa shape index (κ3) is 5.01. The lowest BCUT2D eigenvalue weighted by molar-refractivity contribution is 0.100. The molecule has 0 radical (unpaired) electrons. The van der Waals surface area contributed by atoms with E-state index in [1.165, 1.54) is 12.1 Å². The van der Waals surface area contributed by atoms with Crippen molar-refractivity contribution in [3.8, 4) is 11.3 Å². The van der Waals surface area contributed by atoms with Gasteiger partial charge in [0.05, 0.1) is 17.9 Å². The Hall–Kier alpha value is -4.40. The molecule has 0 spiro atoms. The standard InChI is InChI=1S/C23H20FN7O/c1-14(15-6-8-18(24)9-7-15)28-23-29-19(16-2-4-17(5-3-16)22(25)32)12-20(31-23)30-21-13-26-10-11-27-21/h2-14H,1H3,(H2,25,32)(H2,27,28,29,30,31). The van der Waals surface area contributed by atoms with Gasteiger partial charge >= 0.3 is 0 Å². The number of nitrogens with zero attached hydrogens (tertiary/aromatic N) is 4. The first kappa shape index (κ1) is 20.9. The number of primary amides is 1. The molecular formula is C23H20FN7O. The van der Waals surface area contributed by atoms with E-state index >= 15 is 0 Å². The summed E-state index contributed by atoms with van der Waals surface area (Å²) >= 11 is 0. The predicted octanol–water partition coefficient (Wildman–Crippen LogP) is 4.09. The Morgan fingerprint density at radius 3 is 2.41 bits per heavy atom. The van der Waals surface area contributed by atoms with Gasteiger partial charge in [-0.15, -0.1) is 0 Å². The van der Waals surface area contributed by atoms with E-state index in [4.69, 9.17) is 5.73 Å². The molecule has 0 saturated carbocycles. The highest BCUT2D eigenvalue weighted by molar-refractivity contribution is 5.93. The average molecular weight is 429 g/mol. The van der Waals surface area contributed by atoms with Gasteiger partial charge in [-0.05, 0) is 36.8 Å². The summed E-state index contributed by atoms with van der Waals surface area (Å²) in [6.07, 6.45) is 4.73. The molecule has 0 aliphatic rings. The molecule has 160 valence electrons. The quantitative estimate of drug-likeness (QED) is 0.405. The van der Waals surface area contributed by atoms with Gasteiger partial charge in [-0.1, -0.05) is 24.3 Å². The molecule has 32 heavy (non-hydrogen) atoms. The number of rotatable bonds is 7. The summed E-state index contributed by atoms with van der Waals surface area (Å²) in [5, 5.41) is 6.36. The molecule has 0 bridgehead atoms. The summed E-state index contributed by atoms with van der Waals surface area (Å²) < 4.78 is 13.3. The van der Waals surface area contributed by atoms with Crippen LogP contribution in [0.15, 0.2) is 73.2 Å². The molecule has 4 aromatic rings. The van der Waals surface area contributed by atoms with E-state index < -0.39 is 5.91 Å². The SMILES string of the molecule is CC(Nc1nc(Nc2cnccn2)cc(-c2ccc(C(N)=O)cc2)n1)c1ccc(F)cc1. The summed E-state index contributed by atoms with van der Waals surface area (Å²) in [4.78, 5) is 28.8. The van der Waals surface area contributed by atoms with Crippen molar-refractivity contribution in [1.29, 1.82) is 0 Å². The Morgan fingerprint density at radius 2 is 1.75 bits per heavy atom. The van der Waals surface area contributed by atoms with Crippen LogP contribution in [0.1, 0.15) is 28.9 Å². The van der Waals surface area contributed by atoms with Crippen LogP contribution in [-0.4, -0.2) is 25.8 Å². The van der Waals surface area contributed by atoms with Gasteiger partial charge in [-0.3, -0.25) is 9.78 Å². The zero-order chi connectivity index (χ0) is 22.5. The summed E-state index contributed by atoms with van der Waals surface area (Å²) in [5.41, 5.74) is 8.02. The van der Waals surface area contributed by atoms with Crippen molar-refractivity contribution in [1.82, 2.24) is 19.9 Å². The smallest absolute Gasteiger partial charge is 0.248 e. The number of halogens is 1. The van der Waals surface area contributed by atoms with Crippen LogP contribution in [0.3, 0.4) is 0 Å².